The molecule has 0 heterocycles. The lowest BCUT2D eigenvalue weighted by molar-refractivity contribution is -0.150. The van der Waals surface area contributed by atoms with Crippen LogP contribution in [0.3, 0.4) is 0 Å². The van der Waals surface area contributed by atoms with Crippen LogP contribution in [0.25, 0.3) is 0 Å². The summed E-state index contributed by atoms with van der Waals surface area (Å²) in [7, 11) is -1.43. The molecule has 0 spiro atoms. The number of carbonyl (C=O) groups excluding carboxylic acids is 1. The van der Waals surface area contributed by atoms with Crippen molar-refractivity contribution in [1.29, 1.82) is 0 Å². The summed E-state index contributed by atoms with van der Waals surface area (Å²) < 4.78 is 10.9. The number of hydrogen-bond donors (Lipinski definition) is 1. The molecule has 0 aromatic heterocycles. The van der Waals surface area contributed by atoms with Gasteiger partial charge in [-0.1, -0.05) is 18.2 Å². The van der Waals surface area contributed by atoms with Gasteiger partial charge in [-0.2, -0.15) is 0 Å². The highest BCUT2D eigenvalue weighted by molar-refractivity contribution is 7.78. The zero-order chi connectivity index (χ0) is 14.4. The maximum Gasteiger partial charge on any atom is 0.323 e. The van der Waals surface area contributed by atoms with E-state index in [1.807, 2.05) is 30.3 Å². The minimum Gasteiger partial charge on any atom is -0.461 e. The van der Waals surface area contributed by atoms with Gasteiger partial charge in [-0.05, 0) is 56.0 Å². The van der Waals surface area contributed by atoms with E-state index in [4.69, 9.17) is 20.5 Å². The fourth-order valence-corrected chi connectivity index (χ4v) is 3.53. The molecule has 1 aliphatic rings. The Balaban J connectivity index is 1.75. The SMILES string of the molecule is C[C@H](NP(Cl)Oc1ccccc1)C(=O)OC1CCCC1. The molecule has 1 unspecified atom stereocenters. The Morgan fingerprint density at radius 1 is 1.35 bits per heavy atom. The maximum absolute atomic E-state index is 11.9. The Kier molecular flexibility index (Phi) is 6.08. The normalized spacial score (nSPS) is 18.5. The monoisotopic (exact) mass is 315 g/mol. The van der Waals surface area contributed by atoms with Crippen molar-refractivity contribution < 1.29 is 14.1 Å². The van der Waals surface area contributed by atoms with Crippen LogP contribution in [-0.4, -0.2) is 18.1 Å². The zero-order valence-corrected chi connectivity index (χ0v) is 13.1. The molecule has 1 N–H and O–H groups in total. The largest absolute Gasteiger partial charge is 0.461 e. The van der Waals surface area contributed by atoms with Gasteiger partial charge in [0.1, 0.15) is 17.9 Å². The van der Waals surface area contributed by atoms with Crippen LogP contribution in [0, 0.1) is 0 Å². The predicted octanol–water partition coefficient (Wildman–Crippen LogP) is 4.00. The molecule has 6 heteroatoms. The van der Waals surface area contributed by atoms with Gasteiger partial charge in [0.2, 0.25) is 0 Å². The van der Waals surface area contributed by atoms with E-state index in [9.17, 15) is 4.79 Å². The molecule has 1 aromatic rings. The quantitative estimate of drug-likeness (QED) is 0.637. The molecule has 20 heavy (non-hydrogen) atoms. The molecule has 0 saturated heterocycles. The molecule has 2 rings (SSSR count). The number of benzene rings is 1. The van der Waals surface area contributed by atoms with Crippen LogP contribution in [0.5, 0.6) is 5.75 Å². The summed E-state index contributed by atoms with van der Waals surface area (Å²) >= 11 is 6.09. The first-order valence-electron chi connectivity index (χ1n) is 6.81. The first-order chi connectivity index (χ1) is 9.65. The van der Waals surface area contributed by atoms with E-state index in [0.29, 0.717) is 5.75 Å². The highest BCUT2D eigenvalue weighted by atomic mass is 35.7. The number of rotatable bonds is 6. The fourth-order valence-electron chi connectivity index (χ4n) is 2.08. The van der Waals surface area contributed by atoms with E-state index in [0.717, 1.165) is 25.7 Å². The summed E-state index contributed by atoms with van der Waals surface area (Å²) in [6.07, 6.45) is 4.28. The Morgan fingerprint density at radius 3 is 2.65 bits per heavy atom. The highest BCUT2D eigenvalue weighted by Crippen LogP contribution is 2.39. The summed E-state index contributed by atoms with van der Waals surface area (Å²) in [5.74, 6) is 0.416. The first-order valence-corrected chi connectivity index (χ1v) is 8.97. The Labute approximate surface area is 125 Å². The molecule has 0 bridgehead atoms. The number of hydrogen-bond acceptors (Lipinski definition) is 4. The van der Waals surface area contributed by atoms with Crippen molar-refractivity contribution >= 4 is 24.9 Å². The van der Waals surface area contributed by atoms with Crippen molar-refractivity contribution in [3.8, 4) is 5.75 Å². The number of para-hydroxylation sites is 1. The average molecular weight is 316 g/mol. The molecule has 110 valence electrons. The van der Waals surface area contributed by atoms with Crippen LogP contribution >= 0.6 is 18.9 Å². The van der Waals surface area contributed by atoms with Gasteiger partial charge in [0, 0.05) is 0 Å². The van der Waals surface area contributed by atoms with E-state index in [1.165, 1.54) is 0 Å². The van der Waals surface area contributed by atoms with Gasteiger partial charge in [-0.25, -0.2) is 5.09 Å². The number of ether oxygens (including phenoxy) is 1. The van der Waals surface area contributed by atoms with Crippen molar-refractivity contribution in [2.45, 2.75) is 44.8 Å². The second-order valence-electron chi connectivity index (χ2n) is 4.84. The highest BCUT2D eigenvalue weighted by Gasteiger charge is 2.24. The van der Waals surface area contributed by atoms with Gasteiger partial charge in [-0.15, -0.1) is 0 Å². The van der Waals surface area contributed by atoms with Crippen molar-refractivity contribution in [2.24, 2.45) is 0 Å². The lowest BCUT2D eigenvalue weighted by atomic mass is 10.3. The predicted molar refractivity (Wildman–Crippen MR) is 80.8 cm³/mol. The van der Waals surface area contributed by atoms with Crippen LogP contribution in [-0.2, 0) is 9.53 Å². The number of nitrogens with one attached hydrogen (secondary N) is 1. The zero-order valence-electron chi connectivity index (χ0n) is 11.4. The summed E-state index contributed by atoms with van der Waals surface area (Å²) in [4.78, 5) is 11.9. The average Bonchev–Trinajstić information content (AvgIpc) is 2.92. The summed E-state index contributed by atoms with van der Waals surface area (Å²) in [6, 6.07) is 8.81. The maximum atomic E-state index is 11.9. The third kappa shape index (κ3) is 4.93. The van der Waals surface area contributed by atoms with Crippen LogP contribution in [0.1, 0.15) is 32.6 Å². The molecule has 0 radical (unpaired) electrons. The second kappa shape index (κ2) is 7.82. The molecular formula is C14H19ClNO3P. The van der Waals surface area contributed by atoms with Gasteiger partial charge in [-0.3, -0.25) is 4.79 Å². The van der Waals surface area contributed by atoms with Gasteiger partial charge in [0.15, 0.2) is 0 Å². The molecule has 2 atom stereocenters. The molecule has 0 aliphatic heterocycles. The lowest BCUT2D eigenvalue weighted by Crippen LogP contribution is -2.34. The van der Waals surface area contributed by atoms with Crippen LogP contribution in [0.2, 0.25) is 0 Å². The van der Waals surface area contributed by atoms with Crippen LogP contribution < -0.4 is 9.61 Å². The summed E-state index contributed by atoms with van der Waals surface area (Å²) in [6.45, 7) is 1.74. The minimum absolute atomic E-state index is 0.0725. The first kappa shape index (κ1) is 15.6. The van der Waals surface area contributed by atoms with Gasteiger partial charge in [0.05, 0.1) is 0 Å². The van der Waals surface area contributed by atoms with Gasteiger partial charge < -0.3 is 9.26 Å². The van der Waals surface area contributed by atoms with E-state index in [2.05, 4.69) is 5.09 Å². The summed E-state index contributed by atoms with van der Waals surface area (Å²) in [5.41, 5.74) is 0. The smallest absolute Gasteiger partial charge is 0.323 e. The Morgan fingerprint density at radius 2 is 2.00 bits per heavy atom. The minimum atomic E-state index is -1.43. The van der Waals surface area contributed by atoms with E-state index in [-0.39, 0.29) is 12.1 Å². The standard InChI is InChI=1S/C14H19ClNO3P/c1-11(14(17)18-12-7-5-6-8-12)16-20(15)19-13-9-3-2-4-10-13/h2-4,9-12,16H,5-8H2,1H3/t11-,20?/m0/s1. The molecule has 1 saturated carbocycles. The molecule has 4 nitrogen and oxygen atoms in total. The fraction of sp³-hybridized carbons (Fsp3) is 0.500. The second-order valence-corrected chi connectivity index (χ2v) is 6.69. The molecule has 1 fully saturated rings. The number of esters is 1. The topological polar surface area (TPSA) is 47.6 Å². The van der Waals surface area contributed by atoms with Crippen molar-refractivity contribution in [3.05, 3.63) is 30.3 Å². The van der Waals surface area contributed by atoms with Gasteiger partial charge in [0.25, 0.3) is 7.65 Å². The van der Waals surface area contributed by atoms with E-state index < -0.39 is 13.7 Å². The molecule has 1 aromatic carbocycles. The van der Waals surface area contributed by atoms with Crippen molar-refractivity contribution in [1.82, 2.24) is 5.09 Å². The number of carbonyl (C=O) groups is 1. The van der Waals surface area contributed by atoms with E-state index >= 15 is 0 Å². The third-order valence-electron chi connectivity index (χ3n) is 3.16. The molecule has 1 aliphatic carbocycles. The lowest BCUT2D eigenvalue weighted by Gasteiger charge is -2.19. The third-order valence-corrected chi connectivity index (χ3v) is 4.62. The molecule has 0 amide bonds. The Bertz CT molecular complexity index is 426. The Hall–Kier alpha value is -0.830. The van der Waals surface area contributed by atoms with E-state index in [1.54, 1.807) is 6.92 Å². The molecular weight excluding hydrogens is 297 g/mol. The number of halogens is 1. The summed E-state index contributed by atoms with van der Waals surface area (Å²) in [5, 5.41) is 2.94. The van der Waals surface area contributed by atoms with Gasteiger partial charge >= 0.3 is 5.97 Å². The van der Waals surface area contributed by atoms with Crippen LogP contribution in [0.4, 0.5) is 0 Å². The van der Waals surface area contributed by atoms with Crippen LogP contribution in [0.15, 0.2) is 30.3 Å². The van der Waals surface area contributed by atoms with Crippen molar-refractivity contribution in [2.75, 3.05) is 0 Å². The van der Waals surface area contributed by atoms with Crippen molar-refractivity contribution in [3.63, 3.8) is 0 Å².